The van der Waals surface area contributed by atoms with E-state index in [1.807, 2.05) is 0 Å². The highest BCUT2D eigenvalue weighted by Gasteiger charge is 2.31. The minimum Gasteiger partial charge on any atom is -0.492 e. The average Bonchev–Trinajstić information content (AvgIpc) is 2.88. The molecular formula is C13H13F3N2O. The van der Waals surface area contributed by atoms with Crippen molar-refractivity contribution < 1.29 is 17.9 Å². The summed E-state index contributed by atoms with van der Waals surface area (Å²) in [7, 11) is 0. The van der Waals surface area contributed by atoms with E-state index in [2.05, 4.69) is 5.32 Å². The van der Waals surface area contributed by atoms with Crippen LogP contribution in [-0.2, 0) is 6.18 Å². The first-order valence-electron chi connectivity index (χ1n) is 5.95. The van der Waals surface area contributed by atoms with Gasteiger partial charge in [-0.15, -0.1) is 0 Å². The number of hydrogen-bond donors (Lipinski definition) is 1. The van der Waals surface area contributed by atoms with E-state index < -0.39 is 11.7 Å². The monoisotopic (exact) mass is 270 g/mol. The summed E-state index contributed by atoms with van der Waals surface area (Å²) >= 11 is 0. The van der Waals surface area contributed by atoms with Crippen LogP contribution in [0.15, 0.2) is 18.2 Å². The maximum absolute atomic E-state index is 12.5. The molecule has 0 saturated carbocycles. The first-order chi connectivity index (χ1) is 9.00. The second kappa shape index (κ2) is 5.49. The third-order valence-corrected chi connectivity index (χ3v) is 3.06. The van der Waals surface area contributed by atoms with Crippen LogP contribution in [0.25, 0.3) is 0 Å². The fourth-order valence-corrected chi connectivity index (χ4v) is 1.98. The van der Waals surface area contributed by atoms with Gasteiger partial charge in [0.25, 0.3) is 0 Å². The molecule has 102 valence electrons. The van der Waals surface area contributed by atoms with Gasteiger partial charge in [-0.2, -0.15) is 18.4 Å². The van der Waals surface area contributed by atoms with Crippen molar-refractivity contribution >= 4 is 0 Å². The summed E-state index contributed by atoms with van der Waals surface area (Å²) in [6.07, 6.45) is -3.47. The fourth-order valence-electron chi connectivity index (χ4n) is 1.98. The summed E-state index contributed by atoms with van der Waals surface area (Å²) in [6.45, 7) is 2.17. The minimum atomic E-state index is -4.44. The summed E-state index contributed by atoms with van der Waals surface area (Å²) in [6, 6.07) is 4.71. The van der Waals surface area contributed by atoms with Gasteiger partial charge in [-0.3, -0.25) is 0 Å². The third kappa shape index (κ3) is 3.38. The molecule has 0 aromatic heterocycles. The molecule has 0 aliphatic carbocycles. The van der Waals surface area contributed by atoms with Gasteiger partial charge >= 0.3 is 6.18 Å². The summed E-state index contributed by atoms with van der Waals surface area (Å²) in [5.74, 6) is 0.552. The van der Waals surface area contributed by atoms with Crippen molar-refractivity contribution in [1.29, 1.82) is 5.26 Å². The lowest BCUT2D eigenvalue weighted by molar-refractivity contribution is -0.137. The molecule has 0 radical (unpaired) electrons. The van der Waals surface area contributed by atoms with E-state index in [1.165, 1.54) is 6.07 Å². The summed E-state index contributed by atoms with van der Waals surface area (Å²) in [5.41, 5.74) is -0.917. The van der Waals surface area contributed by atoms with Crippen molar-refractivity contribution in [2.45, 2.75) is 12.6 Å². The number of rotatable bonds is 3. The summed E-state index contributed by atoms with van der Waals surface area (Å²) < 4.78 is 43.0. The molecule has 2 rings (SSSR count). The van der Waals surface area contributed by atoms with Crippen molar-refractivity contribution in [2.24, 2.45) is 5.92 Å². The zero-order valence-electron chi connectivity index (χ0n) is 10.1. The van der Waals surface area contributed by atoms with E-state index in [9.17, 15) is 13.2 Å². The molecule has 6 heteroatoms. The molecule has 0 bridgehead atoms. The zero-order valence-corrected chi connectivity index (χ0v) is 10.1. The van der Waals surface area contributed by atoms with Crippen LogP contribution in [0, 0.1) is 17.2 Å². The van der Waals surface area contributed by atoms with E-state index >= 15 is 0 Å². The topological polar surface area (TPSA) is 45.0 Å². The summed E-state index contributed by atoms with van der Waals surface area (Å²) in [5, 5.41) is 12.1. The van der Waals surface area contributed by atoms with E-state index in [1.54, 1.807) is 6.07 Å². The molecule has 3 nitrogen and oxygen atoms in total. The molecule has 1 aliphatic heterocycles. The molecule has 1 N–H and O–H groups in total. The highest BCUT2D eigenvalue weighted by Crippen LogP contribution is 2.32. The molecule has 19 heavy (non-hydrogen) atoms. The Hall–Kier alpha value is -1.74. The van der Waals surface area contributed by atoms with E-state index in [-0.39, 0.29) is 11.3 Å². The number of hydrogen-bond acceptors (Lipinski definition) is 3. The number of nitrogens with zero attached hydrogens (tertiary/aromatic N) is 1. The first-order valence-corrected chi connectivity index (χ1v) is 5.95. The number of halogens is 3. The van der Waals surface area contributed by atoms with Gasteiger partial charge in [-0.25, -0.2) is 0 Å². The van der Waals surface area contributed by atoms with Crippen LogP contribution < -0.4 is 10.1 Å². The highest BCUT2D eigenvalue weighted by atomic mass is 19.4. The molecule has 1 aromatic carbocycles. The molecule has 1 saturated heterocycles. The van der Waals surface area contributed by atoms with E-state index in [0.29, 0.717) is 12.5 Å². The van der Waals surface area contributed by atoms with Crippen LogP contribution in [-0.4, -0.2) is 19.7 Å². The van der Waals surface area contributed by atoms with Gasteiger partial charge in [-0.1, -0.05) is 0 Å². The van der Waals surface area contributed by atoms with Gasteiger partial charge in [0.1, 0.15) is 11.8 Å². The molecule has 0 spiro atoms. The number of benzene rings is 1. The smallest absolute Gasteiger partial charge is 0.416 e. The highest BCUT2D eigenvalue weighted by molar-refractivity contribution is 5.46. The molecule has 1 fully saturated rings. The Kier molecular flexibility index (Phi) is 3.96. The lowest BCUT2D eigenvalue weighted by atomic mass is 10.1. The van der Waals surface area contributed by atoms with Gasteiger partial charge in [0.05, 0.1) is 17.7 Å². The molecular weight excluding hydrogens is 257 g/mol. The van der Waals surface area contributed by atoms with Crippen LogP contribution in [0.3, 0.4) is 0 Å². The average molecular weight is 270 g/mol. The predicted molar refractivity (Wildman–Crippen MR) is 62.6 cm³/mol. The van der Waals surface area contributed by atoms with Gasteiger partial charge in [0.15, 0.2) is 0 Å². The Morgan fingerprint density at radius 2 is 2.21 bits per heavy atom. The van der Waals surface area contributed by atoms with Gasteiger partial charge in [-0.05, 0) is 31.2 Å². The van der Waals surface area contributed by atoms with Gasteiger partial charge in [0, 0.05) is 12.5 Å². The van der Waals surface area contributed by atoms with Crippen molar-refractivity contribution in [1.82, 2.24) is 5.32 Å². The Morgan fingerprint density at radius 1 is 1.42 bits per heavy atom. The van der Waals surface area contributed by atoms with E-state index in [0.717, 1.165) is 31.6 Å². The molecule has 0 amide bonds. The van der Waals surface area contributed by atoms with Crippen molar-refractivity contribution in [3.05, 3.63) is 29.3 Å². The second-order valence-corrected chi connectivity index (χ2v) is 4.49. The summed E-state index contributed by atoms with van der Waals surface area (Å²) in [4.78, 5) is 0. The minimum absolute atomic E-state index is 0.0826. The lowest BCUT2D eigenvalue weighted by Gasteiger charge is -2.13. The quantitative estimate of drug-likeness (QED) is 0.918. The van der Waals surface area contributed by atoms with Gasteiger partial charge < -0.3 is 10.1 Å². The molecule has 1 unspecified atom stereocenters. The Balaban J connectivity index is 2.10. The molecule has 1 atom stereocenters. The maximum atomic E-state index is 12.5. The standard InChI is InChI=1S/C13H13F3N2O/c14-13(15,16)11-1-2-12(10(5-11)6-17)19-8-9-3-4-18-7-9/h1-2,5,9,18H,3-4,7-8H2. The Morgan fingerprint density at radius 3 is 2.79 bits per heavy atom. The van der Waals surface area contributed by atoms with Crippen LogP contribution in [0.2, 0.25) is 0 Å². The van der Waals surface area contributed by atoms with Gasteiger partial charge in [0.2, 0.25) is 0 Å². The third-order valence-electron chi connectivity index (χ3n) is 3.06. The fraction of sp³-hybridized carbons (Fsp3) is 0.462. The van der Waals surface area contributed by atoms with Crippen LogP contribution in [0.5, 0.6) is 5.75 Å². The van der Waals surface area contributed by atoms with Crippen LogP contribution in [0.4, 0.5) is 13.2 Å². The number of ether oxygens (including phenoxy) is 1. The number of alkyl halides is 3. The number of nitriles is 1. The van der Waals surface area contributed by atoms with Crippen molar-refractivity contribution in [2.75, 3.05) is 19.7 Å². The van der Waals surface area contributed by atoms with Crippen LogP contribution in [0.1, 0.15) is 17.5 Å². The predicted octanol–water partition coefficient (Wildman–Crippen LogP) is 2.57. The second-order valence-electron chi connectivity index (χ2n) is 4.49. The zero-order chi connectivity index (χ0) is 13.9. The molecule has 1 aliphatic rings. The SMILES string of the molecule is N#Cc1cc(C(F)(F)F)ccc1OCC1CCNC1. The Bertz CT molecular complexity index is 488. The molecule has 1 heterocycles. The van der Waals surface area contributed by atoms with E-state index in [4.69, 9.17) is 10.00 Å². The van der Waals surface area contributed by atoms with Crippen LogP contribution >= 0.6 is 0 Å². The Labute approximate surface area is 109 Å². The largest absolute Gasteiger partial charge is 0.492 e. The first kappa shape index (κ1) is 13.7. The van der Waals surface area contributed by atoms with Crippen molar-refractivity contribution in [3.8, 4) is 11.8 Å². The number of nitrogens with one attached hydrogen (secondary N) is 1. The molecule has 1 aromatic rings. The van der Waals surface area contributed by atoms with Crippen molar-refractivity contribution in [3.63, 3.8) is 0 Å². The maximum Gasteiger partial charge on any atom is 0.416 e. The normalized spacial score (nSPS) is 19.2. The lowest BCUT2D eigenvalue weighted by Crippen LogP contribution is -2.16.